The highest BCUT2D eigenvalue weighted by Crippen LogP contribution is 2.02. The van der Waals surface area contributed by atoms with Gasteiger partial charge in [0.25, 0.3) is 0 Å². The molecule has 9 heavy (non-hydrogen) atoms. The summed E-state index contributed by atoms with van der Waals surface area (Å²) < 4.78 is 0. The van der Waals surface area contributed by atoms with Crippen molar-refractivity contribution in [2.24, 2.45) is 0 Å². The topological polar surface area (TPSA) is 40.5 Å². The number of halogens is 1. The molecule has 2 atom stereocenters. The second-order valence-corrected chi connectivity index (χ2v) is 2.28. The Kier molecular flexibility index (Phi) is 5.15. The van der Waals surface area contributed by atoms with Gasteiger partial charge in [0.1, 0.15) is 0 Å². The zero-order valence-electron chi connectivity index (χ0n) is 5.26. The summed E-state index contributed by atoms with van der Waals surface area (Å²) in [6.07, 6.45) is -0.667. The van der Waals surface area contributed by atoms with Crippen LogP contribution in [0.3, 0.4) is 0 Å². The van der Waals surface area contributed by atoms with E-state index in [-0.39, 0.29) is 0 Å². The molecule has 0 heterocycles. The molecular formula is C6H12ClO2. The maximum atomic E-state index is 8.94. The van der Waals surface area contributed by atoms with Gasteiger partial charge in [0.2, 0.25) is 0 Å². The Morgan fingerprint density at radius 1 is 1.33 bits per heavy atom. The lowest BCUT2D eigenvalue weighted by molar-refractivity contribution is 0.0199. The average molecular weight is 152 g/mol. The number of rotatable bonds is 4. The monoisotopic (exact) mass is 151 g/mol. The Bertz CT molecular complexity index is 68.1. The quantitative estimate of drug-likeness (QED) is 0.577. The molecule has 0 saturated heterocycles. The van der Waals surface area contributed by atoms with Crippen molar-refractivity contribution in [3.05, 3.63) is 6.92 Å². The van der Waals surface area contributed by atoms with Gasteiger partial charge in [-0.2, -0.15) is 0 Å². The molecule has 0 aliphatic heterocycles. The molecule has 0 fully saturated rings. The summed E-state index contributed by atoms with van der Waals surface area (Å²) in [5.74, 6) is 0.373. The highest BCUT2D eigenvalue weighted by Gasteiger charge is 2.11. The van der Waals surface area contributed by atoms with Crippen molar-refractivity contribution >= 4 is 11.6 Å². The second kappa shape index (κ2) is 5.03. The van der Waals surface area contributed by atoms with Gasteiger partial charge >= 0.3 is 0 Å². The van der Waals surface area contributed by atoms with Gasteiger partial charge in [0.15, 0.2) is 0 Å². The Morgan fingerprint density at radius 2 is 1.89 bits per heavy atom. The Morgan fingerprint density at radius 3 is 2.22 bits per heavy atom. The number of alkyl halides is 1. The van der Waals surface area contributed by atoms with E-state index in [1.54, 1.807) is 0 Å². The van der Waals surface area contributed by atoms with E-state index in [2.05, 4.69) is 6.92 Å². The summed E-state index contributed by atoms with van der Waals surface area (Å²) in [5, 5.41) is 17.8. The third-order valence-electron chi connectivity index (χ3n) is 1.14. The van der Waals surface area contributed by atoms with Gasteiger partial charge in [-0.15, -0.1) is 11.6 Å². The first kappa shape index (κ1) is 9.21. The molecule has 2 nitrogen and oxygen atoms in total. The largest absolute Gasteiger partial charge is 0.390 e. The minimum absolute atomic E-state index is 0.331. The molecule has 0 amide bonds. The molecule has 2 unspecified atom stereocenters. The second-order valence-electron chi connectivity index (χ2n) is 1.90. The summed E-state index contributed by atoms with van der Waals surface area (Å²) in [4.78, 5) is 0. The lowest BCUT2D eigenvalue weighted by atomic mass is 10.1. The number of hydrogen-bond acceptors (Lipinski definition) is 2. The SMILES string of the molecule is [CH2]CC(O)C(O)CCCl. The molecule has 0 rings (SSSR count). The summed E-state index contributed by atoms with van der Waals surface area (Å²) in [7, 11) is 0. The Labute approximate surface area is 60.5 Å². The molecule has 0 spiro atoms. The van der Waals surface area contributed by atoms with E-state index < -0.39 is 12.2 Å². The molecule has 0 aromatic heterocycles. The smallest absolute Gasteiger partial charge is 0.0810 e. The van der Waals surface area contributed by atoms with Crippen molar-refractivity contribution in [2.75, 3.05) is 5.88 Å². The third kappa shape index (κ3) is 3.73. The van der Waals surface area contributed by atoms with Crippen molar-refractivity contribution in [1.29, 1.82) is 0 Å². The molecule has 0 aromatic carbocycles. The van der Waals surface area contributed by atoms with Crippen LogP contribution >= 0.6 is 11.6 Å². The minimum Gasteiger partial charge on any atom is -0.390 e. The first-order chi connectivity index (χ1) is 4.22. The van der Waals surface area contributed by atoms with Gasteiger partial charge in [0, 0.05) is 5.88 Å². The van der Waals surface area contributed by atoms with E-state index in [0.717, 1.165) is 0 Å². The van der Waals surface area contributed by atoms with Crippen LogP contribution in [0.4, 0.5) is 0 Å². The van der Waals surface area contributed by atoms with Crippen LogP contribution in [0.1, 0.15) is 12.8 Å². The summed E-state index contributed by atoms with van der Waals surface area (Å²) >= 11 is 5.31. The van der Waals surface area contributed by atoms with E-state index in [1.807, 2.05) is 0 Å². The third-order valence-corrected chi connectivity index (χ3v) is 1.36. The molecule has 0 aliphatic rings. The number of aliphatic hydroxyl groups is 2. The van der Waals surface area contributed by atoms with E-state index in [4.69, 9.17) is 21.8 Å². The van der Waals surface area contributed by atoms with Crippen LogP contribution in [0.25, 0.3) is 0 Å². The van der Waals surface area contributed by atoms with Gasteiger partial charge in [-0.3, -0.25) is 0 Å². The van der Waals surface area contributed by atoms with Crippen molar-refractivity contribution in [3.8, 4) is 0 Å². The van der Waals surface area contributed by atoms with Crippen LogP contribution in [0.5, 0.6) is 0 Å². The van der Waals surface area contributed by atoms with Gasteiger partial charge in [0.05, 0.1) is 12.2 Å². The van der Waals surface area contributed by atoms with E-state index >= 15 is 0 Å². The van der Waals surface area contributed by atoms with Crippen LogP contribution in [0.2, 0.25) is 0 Å². The Balaban J connectivity index is 3.32. The van der Waals surface area contributed by atoms with Crippen LogP contribution in [-0.4, -0.2) is 28.3 Å². The fourth-order valence-electron chi connectivity index (χ4n) is 0.497. The summed E-state index contributed by atoms with van der Waals surface area (Å²) in [6.45, 7) is 3.44. The first-order valence-corrected chi connectivity index (χ1v) is 3.47. The highest BCUT2D eigenvalue weighted by atomic mass is 35.5. The van der Waals surface area contributed by atoms with Gasteiger partial charge in [-0.25, -0.2) is 0 Å². The van der Waals surface area contributed by atoms with Crippen LogP contribution < -0.4 is 0 Å². The van der Waals surface area contributed by atoms with Gasteiger partial charge in [-0.05, 0) is 12.8 Å². The maximum absolute atomic E-state index is 8.94. The summed E-state index contributed by atoms with van der Waals surface area (Å²) in [6, 6.07) is 0. The standard InChI is InChI=1S/C6H12ClO2/c1-2-5(8)6(9)3-4-7/h5-6,8-9H,1-4H2. The highest BCUT2D eigenvalue weighted by molar-refractivity contribution is 6.17. The predicted molar refractivity (Wildman–Crippen MR) is 37.3 cm³/mol. The molecular weight excluding hydrogens is 140 g/mol. The van der Waals surface area contributed by atoms with Gasteiger partial charge < -0.3 is 10.2 Å². The minimum atomic E-state index is -0.719. The van der Waals surface area contributed by atoms with Crippen molar-refractivity contribution in [3.63, 3.8) is 0 Å². The molecule has 0 aliphatic carbocycles. The number of hydrogen-bond donors (Lipinski definition) is 2. The lowest BCUT2D eigenvalue weighted by Gasteiger charge is -2.13. The van der Waals surface area contributed by atoms with Crippen LogP contribution in [-0.2, 0) is 0 Å². The van der Waals surface area contributed by atoms with Crippen molar-refractivity contribution in [1.82, 2.24) is 0 Å². The van der Waals surface area contributed by atoms with Gasteiger partial charge in [-0.1, -0.05) is 6.92 Å². The van der Waals surface area contributed by atoms with Crippen molar-refractivity contribution in [2.45, 2.75) is 25.0 Å². The normalized spacial score (nSPS) is 17.3. The Hall–Kier alpha value is 0.210. The van der Waals surface area contributed by atoms with E-state index in [9.17, 15) is 0 Å². The van der Waals surface area contributed by atoms with Crippen molar-refractivity contribution < 1.29 is 10.2 Å². The van der Waals surface area contributed by atoms with Crippen LogP contribution in [0.15, 0.2) is 0 Å². The van der Waals surface area contributed by atoms with E-state index in [0.29, 0.717) is 18.7 Å². The molecule has 3 heteroatoms. The number of aliphatic hydroxyl groups excluding tert-OH is 2. The average Bonchev–Trinajstić information content (AvgIpc) is 1.87. The lowest BCUT2D eigenvalue weighted by Crippen LogP contribution is -2.25. The summed E-state index contributed by atoms with van der Waals surface area (Å²) in [5.41, 5.74) is 0. The molecule has 0 bridgehead atoms. The zero-order valence-corrected chi connectivity index (χ0v) is 6.01. The predicted octanol–water partition coefficient (Wildman–Crippen LogP) is 0.561. The fraction of sp³-hybridized carbons (Fsp3) is 0.833. The first-order valence-electron chi connectivity index (χ1n) is 2.93. The molecule has 55 valence electrons. The molecule has 0 aromatic rings. The molecule has 1 radical (unpaired) electrons. The maximum Gasteiger partial charge on any atom is 0.0810 e. The fourth-order valence-corrected chi connectivity index (χ4v) is 0.720. The molecule has 0 saturated carbocycles. The zero-order chi connectivity index (χ0) is 7.28. The van der Waals surface area contributed by atoms with Crippen LogP contribution in [0, 0.1) is 6.92 Å². The van der Waals surface area contributed by atoms with E-state index in [1.165, 1.54) is 0 Å². The molecule has 2 N–H and O–H groups in total.